The molecule has 1 saturated heterocycles. The summed E-state index contributed by atoms with van der Waals surface area (Å²) in [4.78, 5) is 0.243. The molecule has 3 aromatic rings. The molecule has 28 heavy (non-hydrogen) atoms. The van der Waals surface area contributed by atoms with Gasteiger partial charge >= 0.3 is 0 Å². The number of aromatic nitrogens is 2. The van der Waals surface area contributed by atoms with Crippen LogP contribution in [0, 0.1) is 6.92 Å². The van der Waals surface area contributed by atoms with Gasteiger partial charge in [-0.05, 0) is 49.6 Å². The van der Waals surface area contributed by atoms with E-state index in [0.717, 1.165) is 24.8 Å². The summed E-state index contributed by atoms with van der Waals surface area (Å²) in [6.45, 7) is 3.00. The Hall–Kier alpha value is -2.22. The lowest BCUT2D eigenvalue weighted by Gasteiger charge is -2.26. The maximum Gasteiger partial charge on any atom is 0.249 e. The summed E-state index contributed by atoms with van der Waals surface area (Å²) in [7, 11) is -3.54. The number of hydrogen-bond donors (Lipinski definition) is 0. The lowest BCUT2D eigenvalue weighted by atomic mass is 10.1. The molecule has 8 heteroatoms. The molecule has 0 atom stereocenters. The summed E-state index contributed by atoms with van der Waals surface area (Å²) in [5.74, 6) is 0.562. The Bertz CT molecular complexity index is 1110. The molecule has 0 saturated carbocycles. The van der Waals surface area contributed by atoms with Gasteiger partial charge in [-0.3, -0.25) is 0 Å². The number of piperidine rings is 1. The van der Waals surface area contributed by atoms with Crippen LogP contribution in [-0.2, 0) is 10.0 Å². The fraction of sp³-hybridized carbons (Fsp3) is 0.300. The molecule has 0 N–H and O–H groups in total. The zero-order chi connectivity index (χ0) is 19.7. The third-order valence-electron chi connectivity index (χ3n) is 4.92. The molecule has 1 fully saturated rings. The molecule has 1 aromatic heterocycles. The van der Waals surface area contributed by atoms with Gasteiger partial charge in [0.25, 0.3) is 0 Å². The molecule has 6 nitrogen and oxygen atoms in total. The largest absolute Gasteiger partial charge is 0.416 e. The lowest BCUT2D eigenvalue weighted by molar-refractivity contribution is 0.346. The second kappa shape index (κ2) is 7.66. The monoisotopic (exact) mass is 417 g/mol. The molecule has 0 unspecified atom stereocenters. The molecule has 0 bridgehead atoms. The van der Waals surface area contributed by atoms with E-state index in [1.165, 1.54) is 0 Å². The molecule has 0 spiro atoms. The van der Waals surface area contributed by atoms with Gasteiger partial charge in [0.1, 0.15) is 0 Å². The molecule has 2 heterocycles. The molecule has 146 valence electrons. The van der Waals surface area contributed by atoms with Crippen molar-refractivity contribution in [2.24, 2.45) is 0 Å². The van der Waals surface area contributed by atoms with E-state index in [1.54, 1.807) is 34.6 Å². The van der Waals surface area contributed by atoms with Crippen molar-refractivity contribution in [1.82, 2.24) is 14.5 Å². The second-order valence-corrected chi connectivity index (χ2v) is 9.18. The predicted octanol–water partition coefficient (Wildman–Crippen LogP) is 4.54. The van der Waals surface area contributed by atoms with Gasteiger partial charge in [0.15, 0.2) is 0 Å². The molecular weight excluding hydrogens is 398 g/mol. The van der Waals surface area contributed by atoms with Crippen LogP contribution in [0.15, 0.2) is 51.8 Å². The second-order valence-electron chi connectivity index (χ2n) is 6.83. The number of sulfonamides is 1. The summed E-state index contributed by atoms with van der Waals surface area (Å²) in [5, 5.41) is 8.71. The quantitative estimate of drug-likeness (QED) is 0.622. The molecule has 0 aliphatic carbocycles. The Morgan fingerprint density at radius 3 is 2.36 bits per heavy atom. The van der Waals surface area contributed by atoms with Crippen molar-refractivity contribution in [3.05, 3.63) is 53.1 Å². The zero-order valence-corrected chi connectivity index (χ0v) is 17.0. The number of hydrogen-bond acceptors (Lipinski definition) is 5. The summed E-state index contributed by atoms with van der Waals surface area (Å²) in [6, 6.07) is 12.2. The van der Waals surface area contributed by atoms with Crippen LogP contribution in [0.5, 0.6) is 0 Å². The van der Waals surface area contributed by atoms with E-state index in [0.29, 0.717) is 35.1 Å². The highest BCUT2D eigenvalue weighted by atomic mass is 35.5. The van der Waals surface area contributed by atoms with E-state index in [1.807, 2.05) is 19.1 Å². The zero-order valence-electron chi connectivity index (χ0n) is 15.4. The van der Waals surface area contributed by atoms with Crippen molar-refractivity contribution in [3.8, 4) is 22.9 Å². The van der Waals surface area contributed by atoms with Gasteiger partial charge in [0.05, 0.1) is 15.5 Å². The Labute approximate surface area is 169 Å². The number of halogens is 1. The summed E-state index contributed by atoms with van der Waals surface area (Å²) in [6.07, 6.45) is 2.85. The Morgan fingerprint density at radius 1 is 0.964 bits per heavy atom. The highest BCUT2D eigenvalue weighted by Gasteiger charge is 2.27. The normalized spacial score (nSPS) is 15.6. The van der Waals surface area contributed by atoms with Crippen LogP contribution < -0.4 is 0 Å². The first-order chi connectivity index (χ1) is 13.5. The Balaban J connectivity index is 1.72. The molecular formula is C20H20ClN3O3S. The lowest BCUT2D eigenvalue weighted by Crippen LogP contribution is -2.35. The first kappa shape index (κ1) is 19.1. The van der Waals surface area contributed by atoms with Crippen molar-refractivity contribution in [2.45, 2.75) is 31.1 Å². The van der Waals surface area contributed by atoms with E-state index in [4.69, 9.17) is 16.0 Å². The molecule has 0 radical (unpaired) electrons. The predicted molar refractivity (Wildman–Crippen MR) is 108 cm³/mol. The maximum absolute atomic E-state index is 13.0. The van der Waals surface area contributed by atoms with Crippen LogP contribution in [0.25, 0.3) is 22.9 Å². The highest BCUT2D eigenvalue weighted by molar-refractivity contribution is 7.89. The van der Waals surface area contributed by atoms with Crippen molar-refractivity contribution in [3.63, 3.8) is 0 Å². The van der Waals surface area contributed by atoms with Crippen molar-refractivity contribution in [2.75, 3.05) is 13.1 Å². The maximum atomic E-state index is 13.0. The number of rotatable bonds is 4. The minimum atomic E-state index is -3.54. The first-order valence-corrected chi connectivity index (χ1v) is 11.0. The van der Waals surface area contributed by atoms with E-state index in [-0.39, 0.29) is 10.8 Å². The van der Waals surface area contributed by atoms with Crippen LogP contribution in [-0.4, -0.2) is 36.0 Å². The molecule has 2 aromatic carbocycles. The van der Waals surface area contributed by atoms with Gasteiger partial charge in [-0.1, -0.05) is 36.2 Å². The third-order valence-corrected chi connectivity index (χ3v) is 7.15. The van der Waals surface area contributed by atoms with Crippen LogP contribution in [0.3, 0.4) is 0 Å². The van der Waals surface area contributed by atoms with Crippen LogP contribution in [0.1, 0.15) is 24.8 Å². The molecule has 1 aliphatic heterocycles. The van der Waals surface area contributed by atoms with Crippen LogP contribution in [0.2, 0.25) is 5.02 Å². The SMILES string of the molecule is Cc1ccc(S(=O)(=O)N2CCCCC2)cc1-c1nnc(-c2ccccc2Cl)o1. The topological polar surface area (TPSA) is 76.3 Å². The first-order valence-electron chi connectivity index (χ1n) is 9.16. The minimum Gasteiger partial charge on any atom is -0.416 e. The fourth-order valence-electron chi connectivity index (χ4n) is 3.32. The van der Waals surface area contributed by atoms with Gasteiger partial charge < -0.3 is 4.42 Å². The third kappa shape index (κ3) is 3.57. The average molecular weight is 418 g/mol. The van der Waals surface area contributed by atoms with E-state index < -0.39 is 10.0 Å². The minimum absolute atomic E-state index is 0.243. The number of nitrogens with zero attached hydrogens (tertiary/aromatic N) is 3. The highest BCUT2D eigenvalue weighted by Crippen LogP contribution is 2.32. The summed E-state index contributed by atoms with van der Waals surface area (Å²) < 4.78 is 33.4. The Morgan fingerprint density at radius 2 is 1.64 bits per heavy atom. The van der Waals surface area contributed by atoms with Crippen molar-refractivity contribution in [1.29, 1.82) is 0 Å². The van der Waals surface area contributed by atoms with Gasteiger partial charge in [-0.15, -0.1) is 10.2 Å². The summed E-state index contributed by atoms with van der Waals surface area (Å²) >= 11 is 6.20. The van der Waals surface area contributed by atoms with Gasteiger partial charge in [-0.2, -0.15) is 4.31 Å². The van der Waals surface area contributed by atoms with Crippen molar-refractivity contribution < 1.29 is 12.8 Å². The van der Waals surface area contributed by atoms with E-state index in [9.17, 15) is 8.42 Å². The number of benzene rings is 2. The Kier molecular flexibility index (Phi) is 5.23. The standard InChI is InChI=1S/C20H20ClN3O3S/c1-14-9-10-15(28(25,26)24-11-5-2-6-12-24)13-17(14)20-23-22-19(27-20)16-7-3-4-8-18(16)21/h3-4,7-10,13H,2,5-6,11-12H2,1H3. The molecule has 0 amide bonds. The molecule has 1 aliphatic rings. The van der Waals surface area contributed by atoms with Crippen molar-refractivity contribution >= 4 is 21.6 Å². The fourth-order valence-corrected chi connectivity index (χ4v) is 5.08. The summed E-state index contributed by atoms with van der Waals surface area (Å²) in [5.41, 5.74) is 2.09. The van der Waals surface area contributed by atoms with Crippen LogP contribution in [0.4, 0.5) is 0 Å². The number of aryl methyl sites for hydroxylation is 1. The van der Waals surface area contributed by atoms with Gasteiger partial charge in [0.2, 0.25) is 21.8 Å². The van der Waals surface area contributed by atoms with Crippen LogP contribution >= 0.6 is 11.6 Å². The van der Waals surface area contributed by atoms with Gasteiger partial charge in [-0.25, -0.2) is 8.42 Å². The van der Waals surface area contributed by atoms with Gasteiger partial charge in [0, 0.05) is 18.7 Å². The smallest absolute Gasteiger partial charge is 0.249 e. The van der Waals surface area contributed by atoms with E-state index >= 15 is 0 Å². The average Bonchev–Trinajstić information content (AvgIpc) is 3.19. The van der Waals surface area contributed by atoms with E-state index in [2.05, 4.69) is 10.2 Å². The molecule has 4 rings (SSSR count).